The number of allylic oxidation sites excluding steroid dienone is 1. The number of imidazole rings is 1. The van der Waals surface area contributed by atoms with Gasteiger partial charge in [-0.25, -0.2) is 4.98 Å². The quantitative estimate of drug-likeness (QED) is 0.496. The number of amides is 1. The van der Waals surface area contributed by atoms with Crippen molar-refractivity contribution in [3.63, 3.8) is 0 Å². The normalized spacial score (nSPS) is 10.9. The zero-order valence-corrected chi connectivity index (χ0v) is 16.1. The number of nitrogens with zero attached hydrogens (tertiary/aromatic N) is 2. The Morgan fingerprint density at radius 2 is 1.79 bits per heavy atom. The van der Waals surface area contributed by atoms with Crippen LogP contribution in [0, 0.1) is 6.92 Å². The molecule has 3 aromatic rings. The van der Waals surface area contributed by atoms with Gasteiger partial charge in [0.25, 0.3) is 0 Å². The molecule has 0 bridgehead atoms. The molecule has 2 aromatic carbocycles. The minimum absolute atomic E-state index is 0.0614. The van der Waals surface area contributed by atoms with Crippen LogP contribution >= 0.6 is 0 Å². The summed E-state index contributed by atoms with van der Waals surface area (Å²) in [6, 6.07) is 15.3. The fourth-order valence-electron chi connectivity index (χ4n) is 2.81. The SMILES string of the molecule is CCn1ccnc1C(=O)/C=C/c1ccc(CC(=O)Nc2ccc(C)cc2)cc1. The van der Waals surface area contributed by atoms with E-state index in [0.29, 0.717) is 18.8 Å². The van der Waals surface area contributed by atoms with Crippen LogP contribution in [0.2, 0.25) is 0 Å². The third-order valence-electron chi connectivity index (χ3n) is 4.38. The lowest BCUT2D eigenvalue weighted by Gasteiger charge is -2.06. The van der Waals surface area contributed by atoms with E-state index in [1.807, 2.05) is 66.9 Å². The van der Waals surface area contributed by atoms with Gasteiger partial charge in [-0.1, -0.05) is 48.0 Å². The fourth-order valence-corrected chi connectivity index (χ4v) is 2.81. The summed E-state index contributed by atoms with van der Waals surface area (Å²) in [6.07, 6.45) is 6.99. The number of carbonyl (C=O) groups excluding carboxylic acids is 2. The minimum Gasteiger partial charge on any atom is -0.329 e. The molecule has 1 N–H and O–H groups in total. The van der Waals surface area contributed by atoms with Gasteiger partial charge in [0.1, 0.15) is 0 Å². The van der Waals surface area contributed by atoms with Crippen LogP contribution in [0.4, 0.5) is 5.69 Å². The highest BCUT2D eigenvalue weighted by atomic mass is 16.1. The predicted molar refractivity (Wildman–Crippen MR) is 111 cm³/mol. The van der Waals surface area contributed by atoms with Crippen LogP contribution in [0.15, 0.2) is 67.0 Å². The Kier molecular flexibility index (Phi) is 6.17. The van der Waals surface area contributed by atoms with E-state index in [4.69, 9.17) is 0 Å². The number of rotatable bonds is 7. The van der Waals surface area contributed by atoms with E-state index >= 15 is 0 Å². The highest BCUT2D eigenvalue weighted by molar-refractivity contribution is 6.04. The summed E-state index contributed by atoms with van der Waals surface area (Å²) in [6.45, 7) is 4.68. The van der Waals surface area contributed by atoms with Crippen LogP contribution in [0.5, 0.6) is 0 Å². The van der Waals surface area contributed by atoms with Crippen molar-refractivity contribution in [3.8, 4) is 0 Å². The molecule has 3 rings (SSSR count). The summed E-state index contributed by atoms with van der Waals surface area (Å²) in [5, 5.41) is 2.89. The molecule has 0 aliphatic rings. The van der Waals surface area contributed by atoms with E-state index in [2.05, 4.69) is 10.3 Å². The second kappa shape index (κ2) is 8.95. The number of benzene rings is 2. The van der Waals surface area contributed by atoms with Crippen molar-refractivity contribution in [2.45, 2.75) is 26.8 Å². The minimum atomic E-state index is -0.131. The van der Waals surface area contributed by atoms with Gasteiger partial charge in [0.2, 0.25) is 11.7 Å². The lowest BCUT2D eigenvalue weighted by Crippen LogP contribution is -2.14. The van der Waals surface area contributed by atoms with Crippen molar-refractivity contribution in [1.82, 2.24) is 9.55 Å². The van der Waals surface area contributed by atoms with Crippen molar-refractivity contribution in [2.24, 2.45) is 0 Å². The molecule has 142 valence electrons. The van der Waals surface area contributed by atoms with Crippen molar-refractivity contribution < 1.29 is 9.59 Å². The topological polar surface area (TPSA) is 64.0 Å². The molecule has 0 aliphatic carbocycles. The van der Waals surface area contributed by atoms with Crippen molar-refractivity contribution in [1.29, 1.82) is 0 Å². The van der Waals surface area contributed by atoms with Gasteiger partial charge in [-0.15, -0.1) is 0 Å². The number of carbonyl (C=O) groups is 2. The Morgan fingerprint density at radius 3 is 2.46 bits per heavy atom. The molecule has 0 fully saturated rings. The maximum absolute atomic E-state index is 12.2. The van der Waals surface area contributed by atoms with Crippen molar-refractivity contribution >= 4 is 23.5 Å². The summed E-state index contributed by atoms with van der Waals surface area (Å²) >= 11 is 0. The summed E-state index contributed by atoms with van der Waals surface area (Å²) in [5.74, 6) is 0.241. The first-order chi connectivity index (χ1) is 13.5. The number of anilines is 1. The zero-order chi connectivity index (χ0) is 19.9. The number of aryl methyl sites for hydroxylation is 2. The largest absolute Gasteiger partial charge is 0.329 e. The Labute approximate surface area is 164 Å². The summed E-state index contributed by atoms with van der Waals surface area (Å²) in [7, 11) is 0. The molecule has 0 atom stereocenters. The maximum atomic E-state index is 12.2. The molecule has 1 aromatic heterocycles. The van der Waals surface area contributed by atoms with Gasteiger partial charge in [0.15, 0.2) is 5.82 Å². The molecule has 0 radical (unpaired) electrons. The molecule has 0 saturated carbocycles. The molecular formula is C23H23N3O2. The van der Waals surface area contributed by atoms with Gasteiger partial charge in [-0.05, 0) is 43.2 Å². The third-order valence-corrected chi connectivity index (χ3v) is 4.38. The predicted octanol–water partition coefficient (Wildman–Crippen LogP) is 4.29. The molecule has 0 unspecified atom stereocenters. The van der Waals surface area contributed by atoms with Gasteiger partial charge in [0, 0.05) is 24.6 Å². The monoisotopic (exact) mass is 373 g/mol. The lowest BCUT2D eigenvalue weighted by molar-refractivity contribution is -0.115. The number of ketones is 1. The second-order valence-corrected chi connectivity index (χ2v) is 6.57. The molecule has 28 heavy (non-hydrogen) atoms. The number of aromatic nitrogens is 2. The van der Waals surface area contributed by atoms with Gasteiger partial charge in [-0.3, -0.25) is 9.59 Å². The lowest BCUT2D eigenvalue weighted by atomic mass is 10.1. The van der Waals surface area contributed by atoms with Crippen LogP contribution in [0.1, 0.15) is 34.2 Å². The molecular weight excluding hydrogens is 350 g/mol. The van der Waals surface area contributed by atoms with Crippen LogP contribution in [-0.4, -0.2) is 21.2 Å². The standard InChI is InChI=1S/C23H23N3O2/c1-3-26-15-14-24-23(26)21(27)13-10-18-6-8-19(9-7-18)16-22(28)25-20-11-4-17(2)5-12-20/h4-15H,3,16H2,1-2H3,(H,25,28)/b13-10+. The summed E-state index contributed by atoms with van der Waals surface area (Å²) in [4.78, 5) is 28.5. The van der Waals surface area contributed by atoms with Crippen LogP contribution in [0.25, 0.3) is 6.08 Å². The molecule has 1 heterocycles. The highest BCUT2D eigenvalue weighted by Gasteiger charge is 2.08. The van der Waals surface area contributed by atoms with Crippen molar-refractivity contribution in [2.75, 3.05) is 5.32 Å². The van der Waals surface area contributed by atoms with Gasteiger partial charge in [0.05, 0.1) is 6.42 Å². The van der Waals surface area contributed by atoms with E-state index in [-0.39, 0.29) is 11.7 Å². The molecule has 0 spiro atoms. The van der Waals surface area contributed by atoms with E-state index in [9.17, 15) is 9.59 Å². The van der Waals surface area contributed by atoms with Crippen LogP contribution in [0.3, 0.4) is 0 Å². The average molecular weight is 373 g/mol. The Morgan fingerprint density at radius 1 is 1.07 bits per heavy atom. The smallest absolute Gasteiger partial charge is 0.228 e. The third kappa shape index (κ3) is 5.04. The highest BCUT2D eigenvalue weighted by Crippen LogP contribution is 2.11. The van der Waals surface area contributed by atoms with Crippen LogP contribution < -0.4 is 5.32 Å². The van der Waals surface area contributed by atoms with Crippen LogP contribution in [-0.2, 0) is 17.8 Å². The van der Waals surface area contributed by atoms with Gasteiger partial charge < -0.3 is 9.88 Å². The average Bonchev–Trinajstić information content (AvgIpc) is 3.18. The molecule has 0 saturated heterocycles. The number of hydrogen-bond donors (Lipinski definition) is 1. The van der Waals surface area contributed by atoms with Crippen molar-refractivity contribution in [3.05, 3.63) is 89.5 Å². The maximum Gasteiger partial charge on any atom is 0.228 e. The van der Waals surface area contributed by atoms with Gasteiger partial charge in [-0.2, -0.15) is 0 Å². The first-order valence-corrected chi connectivity index (χ1v) is 9.24. The molecule has 0 aliphatic heterocycles. The van der Waals surface area contributed by atoms with E-state index < -0.39 is 0 Å². The Hall–Kier alpha value is -3.47. The number of hydrogen-bond acceptors (Lipinski definition) is 3. The van der Waals surface area contributed by atoms with E-state index in [1.54, 1.807) is 18.5 Å². The second-order valence-electron chi connectivity index (χ2n) is 6.57. The number of nitrogens with one attached hydrogen (secondary N) is 1. The Bertz CT molecular complexity index is 983. The fraction of sp³-hybridized carbons (Fsp3) is 0.174. The first-order valence-electron chi connectivity index (χ1n) is 9.24. The van der Waals surface area contributed by atoms with E-state index in [0.717, 1.165) is 22.4 Å². The first kappa shape index (κ1) is 19.3. The van der Waals surface area contributed by atoms with Gasteiger partial charge >= 0.3 is 0 Å². The van der Waals surface area contributed by atoms with E-state index in [1.165, 1.54) is 6.08 Å². The molecule has 1 amide bonds. The summed E-state index contributed by atoms with van der Waals surface area (Å²) in [5.41, 5.74) is 3.75. The summed E-state index contributed by atoms with van der Waals surface area (Å²) < 4.78 is 1.81. The molecule has 5 nitrogen and oxygen atoms in total. The Balaban J connectivity index is 1.57. The molecule has 5 heteroatoms. The zero-order valence-electron chi connectivity index (χ0n) is 16.1.